The van der Waals surface area contributed by atoms with Gasteiger partial charge in [-0.25, -0.2) is 9.97 Å². The Morgan fingerprint density at radius 1 is 1.26 bits per heavy atom. The molecule has 3 rings (SSSR count). The number of hydrogen-bond donors (Lipinski definition) is 0. The molecular weight excluding hydrogens is 238 g/mol. The van der Waals surface area contributed by atoms with E-state index < -0.39 is 0 Å². The van der Waals surface area contributed by atoms with Gasteiger partial charge < -0.3 is 4.57 Å². The van der Waals surface area contributed by atoms with Crippen molar-refractivity contribution in [2.24, 2.45) is 14.1 Å². The van der Waals surface area contributed by atoms with Crippen molar-refractivity contribution in [3.05, 3.63) is 36.6 Å². The molecule has 19 heavy (non-hydrogen) atoms. The molecule has 0 aliphatic rings. The van der Waals surface area contributed by atoms with Crippen molar-refractivity contribution in [1.29, 1.82) is 0 Å². The molecular formula is C14H15N5. The highest BCUT2D eigenvalue weighted by Gasteiger charge is 2.14. The maximum atomic E-state index is 4.39. The Bertz CT molecular complexity index is 779. The van der Waals surface area contributed by atoms with Gasteiger partial charge in [0.05, 0.1) is 17.1 Å². The molecule has 0 saturated heterocycles. The summed E-state index contributed by atoms with van der Waals surface area (Å²) in [4.78, 5) is 8.59. The van der Waals surface area contributed by atoms with E-state index in [4.69, 9.17) is 0 Å². The van der Waals surface area contributed by atoms with Gasteiger partial charge in [0, 0.05) is 31.2 Å². The Morgan fingerprint density at radius 3 is 2.68 bits per heavy atom. The van der Waals surface area contributed by atoms with Crippen LogP contribution in [0.5, 0.6) is 0 Å². The van der Waals surface area contributed by atoms with Gasteiger partial charge >= 0.3 is 0 Å². The average Bonchev–Trinajstić information content (AvgIpc) is 2.90. The molecule has 0 spiro atoms. The van der Waals surface area contributed by atoms with Gasteiger partial charge in [-0.05, 0) is 19.1 Å². The topological polar surface area (TPSA) is 48.5 Å². The van der Waals surface area contributed by atoms with Crippen LogP contribution in [0.1, 0.15) is 11.4 Å². The van der Waals surface area contributed by atoms with Crippen LogP contribution in [0.3, 0.4) is 0 Å². The van der Waals surface area contributed by atoms with Crippen LogP contribution in [0, 0.1) is 6.92 Å². The maximum Gasteiger partial charge on any atom is 0.144 e. The zero-order valence-corrected chi connectivity index (χ0v) is 11.3. The van der Waals surface area contributed by atoms with E-state index in [1.54, 1.807) is 12.4 Å². The van der Waals surface area contributed by atoms with Gasteiger partial charge in [0.15, 0.2) is 0 Å². The van der Waals surface area contributed by atoms with Gasteiger partial charge in [-0.3, -0.25) is 4.68 Å². The molecule has 0 unspecified atom stereocenters. The van der Waals surface area contributed by atoms with Crippen molar-refractivity contribution in [3.63, 3.8) is 0 Å². The summed E-state index contributed by atoms with van der Waals surface area (Å²) in [6, 6.07) is 2.09. The fourth-order valence-electron chi connectivity index (χ4n) is 2.42. The normalized spacial score (nSPS) is 11.1. The summed E-state index contributed by atoms with van der Waals surface area (Å²) < 4.78 is 3.89. The molecule has 5 heteroatoms. The molecule has 0 amide bonds. The first-order valence-corrected chi connectivity index (χ1v) is 6.05. The number of hydrogen-bond acceptors (Lipinski definition) is 3. The highest BCUT2D eigenvalue weighted by Crippen LogP contribution is 2.29. The molecule has 0 fully saturated rings. The lowest BCUT2D eigenvalue weighted by Crippen LogP contribution is -1.94. The first kappa shape index (κ1) is 11.6. The minimum Gasteiger partial charge on any atom is -0.328 e. The molecule has 0 aliphatic carbocycles. The Balaban J connectivity index is 2.34. The van der Waals surface area contributed by atoms with E-state index in [9.17, 15) is 0 Å². The van der Waals surface area contributed by atoms with E-state index in [2.05, 4.69) is 32.3 Å². The number of aromatic nitrogens is 5. The number of nitrogens with zero attached hydrogens (tertiary/aromatic N) is 5. The summed E-state index contributed by atoms with van der Waals surface area (Å²) in [7, 11) is 3.93. The van der Waals surface area contributed by atoms with Crippen LogP contribution < -0.4 is 0 Å². The van der Waals surface area contributed by atoms with Crippen LogP contribution >= 0.6 is 0 Å². The molecule has 3 aromatic heterocycles. The van der Waals surface area contributed by atoms with Gasteiger partial charge in [0.2, 0.25) is 0 Å². The van der Waals surface area contributed by atoms with E-state index in [1.807, 2.05) is 31.9 Å². The maximum absolute atomic E-state index is 4.39. The second-order valence-electron chi connectivity index (χ2n) is 4.59. The van der Waals surface area contributed by atoms with Crippen LogP contribution in [0.25, 0.3) is 28.4 Å². The van der Waals surface area contributed by atoms with Crippen molar-refractivity contribution < 1.29 is 0 Å². The van der Waals surface area contributed by atoms with E-state index in [1.165, 1.54) is 0 Å². The van der Waals surface area contributed by atoms with Crippen LogP contribution in [-0.2, 0) is 14.1 Å². The van der Waals surface area contributed by atoms with Gasteiger partial charge in [-0.15, -0.1) is 0 Å². The van der Waals surface area contributed by atoms with Crippen LogP contribution in [0.15, 0.2) is 25.2 Å². The predicted molar refractivity (Wildman–Crippen MR) is 75.5 cm³/mol. The molecule has 96 valence electrons. The lowest BCUT2D eigenvalue weighted by Gasteiger charge is -2.01. The number of fused-ring (bicyclic) bond motifs is 1. The van der Waals surface area contributed by atoms with Gasteiger partial charge in [0.1, 0.15) is 12.0 Å². The average molecular weight is 253 g/mol. The third kappa shape index (κ3) is 1.66. The standard InChI is InChI=1S/C14H15N5/c1-5-12-10-6-13(11-7-18(3)17-9(11)2)19(4)14(10)16-8-15-12/h5-8H,1H2,2-4H3. The zero-order chi connectivity index (χ0) is 13.6. The summed E-state index contributed by atoms with van der Waals surface area (Å²) >= 11 is 0. The summed E-state index contributed by atoms with van der Waals surface area (Å²) in [6.07, 6.45) is 5.34. The summed E-state index contributed by atoms with van der Waals surface area (Å²) in [5, 5.41) is 5.40. The van der Waals surface area contributed by atoms with E-state index >= 15 is 0 Å². The minimum atomic E-state index is 0.855. The molecule has 0 bridgehead atoms. The fourth-order valence-corrected chi connectivity index (χ4v) is 2.42. The van der Waals surface area contributed by atoms with Crippen LogP contribution in [0.2, 0.25) is 0 Å². The number of rotatable bonds is 2. The highest BCUT2D eigenvalue weighted by molar-refractivity contribution is 5.89. The molecule has 0 aromatic carbocycles. The fraction of sp³-hybridized carbons (Fsp3) is 0.214. The Labute approximate surface area is 111 Å². The minimum absolute atomic E-state index is 0.855. The third-order valence-corrected chi connectivity index (χ3v) is 3.34. The first-order chi connectivity index (χ1) is 9.11. The first-order valence-electron chi connectivity index (χ1n) is 6.05. The van der Waals surface area contributed by atoms with Crippen molar-refractivity contribution in [2.75, 3.05) is 0 Å². The van der Waals surface area contributed by atoms with Gasteiger partial charge in [0.25, 0.3) is 0 Å². The summed E-state index contributed by atoms with van der Waals surface area (Å²) in [5.74, 6) is 0. The molecule has 5 nitrogen and oxygen atoms in total. The lowest BCUT2D eigenvalue weighted by atomic mass is 10.2. The second kappa shape index (κ2) is 4.05. The Hall–Kier alpha value is -2.43. The quantitative estimate of drug-likeness (QED) is 0.704. The smallest absolute Gasteiger partial charge is 0.144 e. The van der Waals surface area contributed by atoms with Crippen molar-refractivity contribution >= 4 is 17.1 Å². The number of aryl methyl sites for hydroxylation is 3. The third-order valence-electron chi connectivity index (χ3n) is 3.34. The molecule has 0 saturated carbocycles. The van der Waals surface area contributed by atoms with E-state index in [0.717, 1.165) is 33.7 Å². The zero-order valence-electron chi connectivity index (χ0n) is 11.3. The Kier molecular flexibility index (Phi) is 2.48. The second-order valence-corrected chi connectivity index (χ2v) is 4.59. The molecule has 0 aliphatic heterocycles. The summed E-state index contributed by atoms with van der Waals surface area (Å²) in [6.45, 7) is 5.81. The molecule has 0 atom stereocenters. The highest BCUT2D eigenvalue weighted by atomic mass is 15.3. The molecule has 0 radical (unpaired) electrons. The molecule has 0 N–H and O–H groups in total. The monoisotopic (exact) mass is 253 g/mol. The van der Waals surface area contributed by atoms with Crippen LogP contribution in [0.4, 0.5) is 0 Å². The SMILES string of the molecule is C=Cc1ncnc2c1cc(-c1cn(C)nc1C)n2C. The molecule has 3 heterocycles. The predicted octanol–water partition coefficient (Wildman–Crippen LogP) is 2.32. The van der Waals surface area contributed by atoms with Gasteiger partial charge in [-0.1, -0.05) is 6.58 Å². The van der Waals surface area contributed by atoms with E-state index in [-0.39, 0.29) is 0 Å². The van der Waals surface area contributed by atoms with E-state index in [0.29, 0.717) is 0 Å². The van der Waals surface area contributed by atoms with Gasteiger partial charge in [-0.2, -0.15) is 5.10 Å². The largest absolute Gasteiger partial charge is 0.328 e. The Morgan fingerprint density at radius 2 is 2.05 bits per heavy atom. The van der Waals surface area contributed by atoms with Crippen LogP contribution in [-0.4, -0.2) is 24.3 Å². The summed E-state index contributed by atoms with van der Waals surface area (Å²) in [5.41, 5.74) is 4.96. The molecule has 3 aromatic rings. The van der Waals surface area contributed by atoms with Crippen molar-refractivity contribution in [3.8, 4) is 11.3 Å². The van der Waals surface area contributed by atoms with Crippen molar-refractivity contribution in [1.82, 2.24) is 24.3 Å². The lowest BCUT2D eigenvalue weighted by molar-refractivity contribution is 0.756. The van der Waals surface area contributed by atoms with Crippen molar-refractivity contribution in [2.45, 2.75) is 6.92 Å².